The van der Waals surface area contributed by atoms with Crippen LogP contribution >= 0.6 is 0 Å². The van der Waals surface area contributed by atoms with E-state index in [0.717, 1.165) is 5.56 Å². The fourth-order valence-corrected chi connectivity index (χ4v) is 2.94. The van der Waals surface area contributed by atoms with Gasteiger partial charge in [-0.15, -0.1) is 0 Å². The predicted molar refractivity (Wildman–Crippen MR) is 70.5 cm³/mol. The summed E-state index contributed by atoms with van der Waals surface area (Å²) in [6.07, 6.45) is -2.10. The zero-order valence-electron chi connectivity index (χ0n) is 10.9. The van der Waals surface area contributed by atoms with Crippen LogP contribution in [0.2, 0.25) is 0 Å². The molecule has 0 spiro atoms. The molecule has 1 aromatic rings. The molecule has 5 atom stereocenters. The van der Waals surface area contributed by atoms with Crippen molar-refractivity contribution in [1.29, 1.82) is 0 Å². The molecule has 5 nitrogen and oxygen atoms in total. The van der Waals surface area contributed by atoms with E-state index in [0.29, 0.717) is 0 Å². The Kier molecular flexibility index (Phi) is 4.54. The van der Waals surface area contributed by atoms with Crippen LogP contribution in [-0.2, 0) is 0 Å². The second-order valence-corrected chi connectivity index (χ2v) is 5.01. The highest BCUT2D eigenvalue weighted by molar-refractivity contribution is 5.20. The first-order valence-electron chi connectivity index (χ1n) is 6.52. The van der Waals surface area contributed by atoms with Gasteiger partial charge in [0.05, 0.1) is 37.5 Å². The summed E-state index contributed by atoms with van der Waals surface area (Å²) in [4.78, 5) is 1.80. The van der Waals surface area contributed by atoms with Crippen molar-refractivity contribution in [3.63, 3.8) is 0 Å². The second-order valence-electron chi connectivity index (χ2n) is 5.01. The molecule has 0 unspecified atom stereocenters. The maximum absolute atomic E-state index is 9.96. The lowest BCUT2D eigenvalue weighted by atomic mass is 10.1. The average molecular weight is 267 g/mol. The van der Waals surface area contributed by atoms with Gasteiger partial charge in [-0.25, -0.2) is 0 Å². The van der Waals surface area contributed by atoms with Crippen molar-refractivity contribution in [3.05, 3.63) is 35.9 Å². The van der Waals surface area contributed by atoms with E-state index in [1.807, 2.05) is 37.3 Å². The Morgan fingerprint density at radius 3 is 1.89 bits per heavy atom. The van der Waals surface area contributed by atoms with Gasteiger partial charge in [0.25, 0.3) is 0 Å². The predicted octanol–water partition coefficient (Wildman–Crippen LogP) is -0.493. The topological polar surface area (TPSA) is 84.2 Å². The lowest BCUT2D eigenvalue weighted by molar-refractivity contribution is 0.0130. The summed E-state index contributed by atoms with van der Waals surface area (Å²) in [7, 11) is 0. The highest BCUT2D eigenvalue weighted by atomic mass is 16.3. The molecule has 19 heavy (non-hydrogen) atoms. The van der Waals surface area contributed by atoms with Crippen LogP contribution in [0.15, 0.2) is 30.3 Å². The number of rotatable bonds is 4. The quantitative estimate of drug-likeness (QED) is 0.591. The molecule has 1 aromatic carbocycles. The van der Waals surface area contributed by atoms with E-state index < -0.39 is 24.3 Å². The van der Waals surface area contributed by atoms with Gasteiger partial charge in [0.15, 0.2) is 0 Å². The molecule has 0 saturated carbocycles. The molecule has 1 aliphatic heterocycles. The Balaban J connectivity index is 2.29. The number of hydrogen-bond donors (Lipinski definition) is 4. The molecule has 1 saturated heterocycles. The van der Waals surface area contributed by atoms with Crippen molar-refractivity contribution in [2.45, 2.75) is 37.3 Å². The van der Waals surface area contributed by atoms with Crippen LogP contribution in [0.25, 0.3) is 0 Å². The van der Waals surface area contributed by atoms with E-state index in [1.54, 1.807) is 4.90 Å². The van der Waals surface area contributed by atoms with Crippen molar-refractivity contribution in [2.24, 2.45) is 0 Å². The molecule has 106 valence electrons. The number of aliphatic hydroxyl groups excluding tert-OH is 4. The number of hydrogen-bond acceptors (Lipinski definition) is 5. The van der Waals surface area contributed by atoms with E-state index in [4.69, 9.17) is 0 Å². The number of benzene rings is 1. The van der Waals surface area contributed by atoms with Crippen LogP contribution in [-0.4, -0.2) is 62.8 Å². The lowest BCUT2D eigenvalue weighted by Crippen LogP contribution is -2.44. The van der Waals surface area contributed by atoms with E-state index in [2.05, 4.69) is 0 Å². The molecule has 0 aromatic heterocycles. The zero-order valence-corrected chi connectivity index (χ0v) is 10.9. The number of likely N-dealkylation sites (tertiary alicyclic amines) is 1. The molecule has 4 N–H and O–H groups in total. The Labute approximate surface area is 112 Å². The van der Waals surface area contributed by atoms with Gasteiger partial charge in [-0.05, 0) is 12.5 Å². The fraction of sp³-hybridized carbons (Fsp3) is 0.571. The lowest BCUT2D eigenvalue weighted by Gasteiger charge is -2.34. The van der Waals surface area contributed by atoms with E-state index in [-0.39, 0.29) is 19.3 Å². The second kappa shape index (κ2) is 5.98. The molecule has 5 heteroatoms. The largest absolute Gasteiger partial charge is 0.395 e. The summed E-state index contributed by atoms with van der Waals surface area (Å²) in [5.74, 6) is 0. The molecule has 0 bridgehead atoms. The van der Waals surface area contributed by atoms with Crippen molar-refractivity contribution in [1.82, 2.24) is 4.90 Å². The summed E-state index contributed by atoms with van der Waals surface area (Å²) in [5.41, 5.74) is 1.01. The molecule has 1 heterocycles. The van der Waals surface area contributed by atoms with Gasteiger partial charge >= 0.3 is 0 Å². The molecule has 1 aliphatic rings. The Morgan fingerprint density at radius 1 is 1.00 bits per heavy atom. The van der Waals surface area contributed by atoms with Crippen molar-refractivity contribution < 1.29 is 20.4 Å². The Morgan fingerprint density at radius 2 is 1.47 bits per heavy atom. The first kappa shape index (κ1) is 14.4. The summed E-state index contributed by atoms with van der Waals surface area (Å²) < 4.78 is 0. The first-order valence-corrected chi connectivity index (χ1v) is 6.52. The number of aliphatic hydroxyl groups is 4. The van der Waals surface area contributed by atoms with Crippen molar-refractivity contribution in [2.75, 3.05) is 13.2 Å². The third-order valence-electron chi connectivity index (χ3n) is 4.01. The smallest absolute Gasteiger partial charge is 0.0992 e. The van der Waals surface area contributed by atoms with Crippen LogP contribution in [0.1, 0.15) is 18.5 Å². The fourth-order valence-electron chi connectivity index (χ4n) is 2.94. The minimum Gasteiger partial charge on any atom is -0.395 e. The monoisotopic (exact) mass is 267 g/mol. The van der Waals surface area contributed by atoms with Crippen LogP contribution in [0.3, 0.4) is 0 Å². The standard InChI is InChI=1S/C14H21NO4/c1-9(10-5-3-2-4-6-10)15-11(7-16)13(18)14(19)12(15)8-17/h2-6,9,11-14,16-19H,7-8H2,1H3/t9-,11-,12+,13-,14-/m1/s1. The van der Waals surface area contributed by atoms with E-state index in [1.165, 1.54) is 0 Å². The minimum absolute atomic E-state index is 0.109. The van der Waals surface area contributed by atoms with E-state index >= 15 is 0 Å². The highest BCUT2D eigenvalue weighted by Gasteiger charge is 2.48. The number of nitrogens with zero attached hydrogens (tertiary/aromatic N) is 1. The van der Waals surface area contributed by atoms with Crippen LogP contribution in [0, 0.1) is 0 Å². The van der Waals surface area contributed by atoms with Crippen molar-refractivity contribution in [3.8, 4) is 0 Å². The van der Waals surface area contributed by atoms with Gasteiger partial charge in [-0.2, -0.15) is 0 Å². The average Bonchev–Trinajstić information content (AvgIpc) is 2.70. The van der Waals surface area contributed by atoms with Crippen LogP contribution in [0.4, 0.5) is 0 Å². The summed E-state index contributed by atoms with van der Waals surface area (Å²) in [5, 5.41) is 38.8. The SMILES string of the molecule is C[C@H](c1ccccc1)N1[C@H](CO)[C@@H](O)[C@H](O)[C@@H]1CO. The third kappa shape index (κ3) is 2.52. The molecule has 0 aliphatic carbocycles. The maximum Gasteiger partial charge on any atom is 0.0992 e. The molecular weight excluding hydrogens is 246 g/mol. The third-order valence-corrected chi connectivity index (χ3v) is 4.01. The summed E-state index contributed by atoms with van der Waals surface area (Å²) in [6.45, 7) is 1.42. The summed E-state index contributed by atoms with van der Waals surface area (Å²) in [6, 6.07) is 8.39. The van der Waals surface area contributed by atoms with Crippen LogP contribution in [0.5, 0.6) is 0 Å². The van der Waals surface area contributed by atoms with Crippen LogP contribution < -0.4 is 0 Å². The van der Waals surface area contributed by atoms with Crippen molar-refractivity contribution >= 4 is 0 Å². The van der Waals surface area contributed by atoms with Gasteiger partial charge < -0.3 is 20.4 Å². The van der Waals surface area contributed by atoms with Gasteiger partial charge in [0, 0.05) is 6.04 Å². The Bertz CT molecular complexity index is 384. The summed E-state index contributed by atoms with van der Waals surface area (Å²) >= 11 is 0. The van der Waals surface area contributed by atoms with E-state index in [9.17, 15) is 20.4 Å². The molecule has 1 fully saturated rings. The highest BCUT2D eigenvalue weighted by Crippen LogP contribution is 2.33. The zero-order chi connectivity index (χ0) is 14.0. The van der Waals surface area contributed by atoms with Gasteiger partial charge in [-0.3, -0.25) is 4.90 Å². The van der Waals surface area contributed by atoms with Gasteiger partial charge in [0.1, 0.15) is 0 Å². The molecule has 0 amide bonds. The molecular formula is C14H21NO4. The Hall–Kier alpha value is -0.980. The molecule has 0 radical (unpaired) electrons. The normalized spacial score (nSPS) is 33.5. The van der Waals surface area contributed by atoms with Gasteiger partial charge in [0.2, 0.25) is 0 Å². The van der Waals surface area contributed by atoms with Gasteiger partial charge in [-0.1, -0.05) is 30.3 Å². The maximum atomic E-state index is 9.96. The minimum atomic E-state index is -1.05. The molecule has 2 rings (SSSR count). The first-order chi connectivity index (χ1) is 9.11.